The average Bonchev–Trinajstić information content (AvgIpc) is 3.31. The number of fused-ring (bicyclic) bond motifs is 1. The first-order valence-corrected chi connectivity index (χ1v) is 10.6. The largest absolute Gasteiger partial charge is 0.192 e. The SMILES string of the molecule is N#Cc1ccsc1Cc1cc2sc(Cc3sccc3C#N)cc2s1. The van der Waals surface area contributed by atoms with Crippen molar-refractivity contribution in [3.05, 3.63) is 65.7 Å². The van der Waals surface area contributed by atoms with E-state index in [9.17, 15) is 0 Å². The highest BCUT2D eigenvalue weighted by Gasteiger charge is 2.12. The molecule has 0 aliphatic heterocycles. The van der Waals surface area contributed by atoms with Crippen LogP contribution < -0.4 is 0 Å². The van der Waals surface area contributed by atoms with E-state index in [-0.39, 0.29) is 0 Å². The fourth-order valence-electron chi connectivity index (χ4n) is 2.58. The smallest absolute Gasteiger partial charge is 0.100 e. The third kappa shape index (κ3) is 2.90. The van der Waals surface area contributed by atoms with Crippen molar-refractivity contribution in [3.63, 3.8) is 0 Å². The second kappa shape index (κ2) is 6.51. The quantitative estimate of drug-likeness (QED) is 0.434. The van der Waals surface area contributed by atoms with Crippen LogP contribution in [-0.4, -0.2) is 0 Å². The molecule has 0 spiro atoms. The molecule has 4 aromatic rings. The Bertz CT molecular complexity index is 979. The number of nitriles is 2. The lowest BCUT2D eigenvalue weighted by Crippen LogP contribution is -1.83. The highest BCUT2D eigenvalue weighted by atomic mass is 32.1. The van der Waals surface area contributed by atoms with Crippen molar-refractivity contribution < 1.29 is 0 Å². The van der Waals surface area contributed by atoms with Gasteiger partial charge in [-0.3, -0.25) is 0 Å². The Morgan fingerprint density at radius 3 is 1.62 bits per heavy atom. The molecule has 0 aromatic carbocycles. The van der Waals surface area contributed by atoms with Gasteiger partial charge in [0.05, 0.1) is 11.1 Å². The van der Waals surface area contributed by atoms with Gasteiger partial charge in [-0.2, -0.15) is 10.5 Å². The minimum Gasteiger partial charge on any atom is -0.192 e. The molecule has 4 rings (SSSR count). The zero-order valence-electron chi connectivity index (χ0n) is 12.4. The van der Waals surface area contributed by atoms with Crippen LogP contribution in [0.5, 0.6) is 0 Å². The van der Waals surface area contributed by atoms with Crippen molar-refractivity contribution in [1.82, 2.24) is 0 Å². The Labute approximate surface area is 155 Å². The van der Waals surface area contributed by atoms with Gasteiger partial charge in [0.2, 0.25) is 0 Å². The zero-order valence-corrected chi connectivity index (χ0v) is 15.7. The first-order chi connectivity index (χ1) is 11.8. The zero-order chi connectivity index (χ0) is 16.5. The van der Waals surface area contributed by atoms with Crippen molar-refractivity contribution >= 4 is 54.7 Å². The van der Waals surface area contributed by atoms with Crippen molar-refractivity contribution in [2.45, 2.75) is 12.8 Å². The Morgan fingerprint density at radius 2 is 1.21 bits per heavy atom. The lowest BCUT2D eigenvalue weighted by Gasteiger charge is -1.95. The minimum absolute atomic E-state index is 0.791. The monoisotopic (exact) mass is 382 g/mol. The van der Waals surface area contributed by atoms with Crippen LogP contribution in [0.1, 0.15) is 30.6 Å². The van der Waals surface area contributed by atoms with Crippen LogP contribution in [0.25, 0.3) is 9.40 Å². The molecule has 0 radical (unpaired) electrons. The van der Waals surface area contributed by atoms with Gasteiger partial charge in [-0.05, 0) is 35.0 Å². The molecule has 0 atom stereocenters. The van der Waals surface area contributed by atoms with Crippen LogP contribution in [0, 0.1) is 22.7 Å². The molecule has 0 fully saturated rings. The maximum Gasteiger partial charge on any atom is 0.100 e. The summed E-state index contributed by atoms with van der Waals surface area (Å²) in [4.78, 5) is 4.89. The second-order valence-electron chi connectivity index (χ2n) is 5.25. The molecule has 0 bridgehead atoms. The molecule has 6 heteroatoms. The maximum atomic E-state index is 9.13. The summed E-state index contributed by atoms with van der Waals surface area (Å²) in [6.07, 6.45) is 1.68. The first-order valence-electron chi connectivity index (χ1n) is 7.21. The summed E-state index contributed by atoms with van der Waals surface area (Å²) in [5.74, 6) is 0. The summed E-state index contributed by atoms with van der Waals surface area (Å²) >= 11 is 6.91. The Hall–Kier alpha value is -1.96. The van der Waals surface area contributed by atoms with E-state index < -0.39 is 0 Å². The molecule has 0 saturated heterocycles. The fourth-order valence-corrected chi connectivity index (χ4v) is 6.93. The number of rotatable bonds is 4. The normalized spacial score (nSPS) is 10.8. The molecule has 0 unspecified atom stereocenters. The predicted molar refractivity (Wildman–Crippen MR) is 103 cm³/mol. The van der Waals surface area contributed by atoms with Crippen LogP contribution in [0.15, 0.2) is 35.0 Å². The van der Waals surface area contributed by atoms with Gasteiger partial charge in [-0.25, -0.2) is 0 Å². The average molecular weight is 383 g/mol. The van der Waals surface area contributed by atoms with Crippen LogP contribution in [-0.2, 0) is 12.8 Å². The van der Waals surface area contributed by atoms with Crippen LogP contribution in [0.3, 0.4) is 0 Å². The minimum atomic E-state index is 0.791. The number of hydrogen-bond acceptors (Lipinski definition) is 6. The summed E-state index contributed by atoms with van der Waals surface area (Å²) in [5.41, 5.74) is 1.58. The summed E-state index contributed by atoms with van der Waals surface area (Å²) in [6, 6.07) is 12.8. The van der Waals surface area contributed by atoms with E-state index in [0.29, 0.717) is 0 Å². The van der Waals surface area contributed by atoms with Crippen molar-refractivity contribution in [3.8, 4) is 12.1 Å². The Morgan fingerprint density at radius 1 is 0.750 bits per heavy atom. The van der Waals surface area contributed by atoms with Gasteiger partial charge >= 0.3 is 0 Å². The predicted octanol–water partition coefficient (Wildman–Crippen LogP) is 6.01. The fraction of sp³-hybridized carbons (Fsp3) is 0.111. The lowest BCUT2D eigenvalue weighted by atomic mass is 10.2. The molecule has 2 nitrogen and oxygen atoms in total. The van der Waals surface area contributed by atoms with E-state index in [0.717, 1.165) is 33.7 Å². The van der Waals surface area contributed by atoms with Crippen molar-refractivity contribution in [2.75, 3.05) is 0 Å². The van der Waals surface area contributed by atoms with E-state index in [2.05, 4.69) is 24.3 Å². The van der Waals surface area contributed by atoms with Gasteiger partial charge in [0, 0.05) is 41.8 Å². The maximum absolute atomic E-state index is 9.13. The van der Waals surface area contributed by atoms with Gasteiger partial charge in [0.25, 0.3) is 0 Å². The van der Waals surface area contributed by atoms with E-state index in [1.54, 1.807) is 45.3 Å². The second-order valence-corrected chi connectivity index (χ2v) is 9.58. The van der Waals surface area contributed by atoms with Crippen molar-refractivity contribution in [2.24, 2.45) is 0 Å². The molecule has 4 heterocycles. The van der Waals surface area contributed by atoms with Gasteiger partial charge in [-0.1, -0.05) is 0 Å². The summed E-state index contributed by atoms with van der Waals surface area (Å²) in [5, 5.41) is 22.2. The van der Waals surface area contributed by atoms with Gasteiger partial charge in [0.15, 0.2) is 0 Å². The molecule has 24 heavy (non-hydrogen) atoms. The summed E-state index contributed by atoms with van der Waals surface area (Å²) in [7, 11) is 0. The van der Waals surface area contributed by atoms with Gasteiger partial charge < -0.3 is 0 Å². The van der Waals surface area contributed by atoms with E-state index in [1.807, 2.05) is 22.9 Å². The standard InChI is InChI=1S/C18H10N2S4/c19-9-11-1-3-21-15(11)5-13-7-17-18(23-13)8-14(24-17)6-16-12(10-20)2-4-22-16/h1-4,7-8H,5-6H2. The highest BCUT2D eigenvalue weighted by Crippen LogP contribution is 2.36. The van der Waals surface area contributed by atoms with E-state index in [4.69, 9.17) is 10.5 Å². The van der Waals surface area contributed by atoms with Crippen LogP contribution in [0.2, 0.25) is 0 Å². The summed E-state index contributed by atoms with van der Waals surface area (Å²) < 4.78 is 2.60. The molecule has 0 N–H and O–H groups in total. The van der Waals surface area contributed by atoms with Crippen LogP contribution >= 0.6 is 45.3 Å². The Kier molecular flexibility index (Phi) is 4.22. The molecule has 0 saturated carbocycles. The van der Waals surface area contributed by atoms with Gasteiger partial charge in [0.1, 0.15) is 12.1 Å². The molecule has 0 amide bonds. The molecular weight excluding hydrogens is 372 g/mol. The van der Waals surface area contributed by atoms with Crippen LogP contribution in [0.4, 0.5) is 0 Å². The molecule has 0 aliphatic carbocycles. The lowest BCUT2D eigenvalue weighted by molar-refractivity contribution is 1.29. The number of hydrogen-bond donors (Lipinski definition) is 0. The topological polar surface area (TPSA) is 47.6 Å². The first kappa shape index (κ1) is 15.6. The molecule has 4 aromatic heterocycles. The Balaban J connectivity index is 1.57. The summed E-state index contributed by atoms with van der Waals surface area (Å²) in [6.45, 7) is 0. The van der Waals surface area contributed by atoms with E-state index >= 15 is 0 Å². The van der Waals surface area contributed by atoms with Gasteiger partial charge in [-0.15, -0.1) is 45.3 Å². The molecular formula is C18H10N2S4. The number of thiophene rings is 4. The molecule has 0 aliphatic rings. The molecule has 116 valence electrons. The third-order valence-electron chi connectivity index (χ3n) is 3.71. The number of nitrogens with zero attached hydrogens (tertiary/aromatic N) is 2. The highest BCUT2D eigenvalue weighted by molar-refractivity contribution is 7.28. The van der Waals surface area contributed by atoms with E-state index in [1.165, 1.54) is 19.2 Å². The third-order valence-corrected chi connectivity index (χ3v) is 7.85. The van der Waals surface area contributed by atoms with Crippen molar-refractivity contribution in [1.29, 1.82) is 10.5 Å².